The van der Waals surface area contributed by atoms with Crippen LogP contribution in [-0.2, 0) is 0 Å². The van der Waals surface area contributed by atoms with E-state index in [1.165, 1.54) is 5.56 Å². The van der Waals surface area contributed by atoms with Gasteiger partial charge < -0.3 is 0 Å². The molecule has 0 bridgehead atoms. The van der Waals surface area contributed by atoms with E-state index in [9.17, 15) is 0 Å². The van der Waals surface area contributed by atoms with Crippen molar-refractivity contribution in [3.05, 3.63) is 42.0 Å². The maximum absolute atomic E-state index is 5.74. The highest BCUT2D eigenvalue weighted by Gasteiger charge is 1.99. The Bertz CT molecular complexity index is 270. The first-order chi connectivity index (χ1) is 5.61. The lowest BCUT2D eigenvalue weighted by Gasteiger charge is -2.05. The normalized spacial score (nSPS) is 10.3. The number of hydrogen-bond acceptors (Lipinski definition) is 0. The van der Waals surface area contributed by atoms with Crippen LogP contribution in [0.4, 0.5) is 0 Å². The van der Waals surface area contributed by atoms with E-state index in [1.807, 2.05) is 12.1 Å². The lowest BCUT2D eigenvalue weighted by atomic mass is 10.0. The highest BCUT2D eigenvalue weighted by molar-refractivity contribution is 6.48. The van der Waals surface area contributed by atoms with Gasteiger partial charge in [0.15, 0.2) is 0 Å². The molecule has 0 heterocycles. The molecule has 1 aromatic carbocycles. The third kappa shape index (κ3) is 2.12. The molecule has 0 N–H and O–H groups in total. The molecule has 0 saturated heterocycles. The third-order valence-corrected chi connectivity index (χ3v) is 2.11. The Morgan fingerprint density at radius 1 is 1.25 bits per heavy atom. The van der Waals surface area contributed by atoms with Gasteiger partial charge in [0.1, 0.15) is 0 Å². The Morgan fingerprint density at radius 2 is 1.75 bits per heavy atom. The van der Waals surface area contributed by atoms with Gasteiger partial charge in [0.25, 0.3) is 0 Å². The quantitative estimate of drug-likeness (QED) is 0.645. The molecule has 0 aliphatic carbocycles. The molecule has 0 aliphatic heterocycles. The smallest absolute Gasteiger partial charge is 0.0406 e. The van der Waals surface area contributed by atoms with Gasteiger partial charge in [0.05, 0.1) is 0 Å². The molecule has 1 heteroatoms. The lowest BCUT2D eigenvalue weighted by molar-refractivity contribution is 0.866. The van der Waals surface area contributed by atoms with E-state index >= 15 is 0 Å². The van der Waals surface area contributed by atoms with Crippen molar-refractivity contribution in [2.75, 3.05) is 0 Å². The molecule has 0 nitrogen and oxygen atoms in total. The maximum atomic E-state index is 5.74. The van der Waals surface area contributed by atoms with Gasteiger partial charge >= 0.3 is 0 Å². The minimum atomic E-state index is 0.572. The number of hydrogen-bond donors (Lipinski definition) is 0. The lowest BCUT2D eigenvalue weighted by Crippen LogP contribution is -1.86. The van der Waals surface area contributed by atoms with Gasteiger partial charge in [-0.2, -0.15) is 0 Å². The van der Waals surface area contributed by atoms with Crippen molar-refractivity contribution in [1.82, 2.24) is 0 Å². The summed E-state index contributed by atoms with van der Waals surface area (Å²) in [6.07, 6.45) is 0. The summed E-state index contributed by atoms with van der Waals surface area (Å²) in [5.74, 6) is 0.572. The molecule has 0 amide bonds. The molecule has 1 aromatic rings. The number of rotatable bonds is 2. The van der Waals surface area contributed by atoms with Crippen molar-refractivity contribution in [3.8, 4) is 0 Å². The van der Waals surface area contributed by atoms with Crippen molar-refractivity contribution >= 4 is 16.6 Å². The number of benzene rings is 1. The van der Waals surface area contributed by atoms with E-state index in [0.29, 0.717) is 11.0 Å². The van der Waals surface area contributed by atoms with Crippen LogP contribution in [0, 0.1) is 0 Å². The molecule has 0 spiro atoms. The van der Waals surface area contributed by atoms with E-state index in [4.69, 9.17) is 11.6 Å². The van der Waals surface area contributed by atoms with E-state index in [-0.39, 0.29) is 0 Å². The minimum absolute atomic E-state index is 0.572. The molecule has 1 rings (SSSR count). The molecule has 64 valence electrons. The molecular weight excluding hydrogens is 168 g/mol. The van der Waals surface area contributed by atoms with Gasteiger partial charge in [-0.25, -0.2) is 0 Å². The molecule has 0 aliphatic rings. The zero-order chi connectivity index (χ0) is 9.14. The molecule has 0 radical (unpaired) electrons. The van der Waals surface area contributed by atoms with Crippen LogP contribution in [0.15, 0.2) is 30.8 Å². The van der Waals surface area contributed by atoms with Crippen LogP contribution in [0.1, 0.15) is 30.9 Å². The summed E-state index contributed by atoms with van der Waals surface area (Å²) in [6.45, 7) is 8.01. The Labute approximate surface area is 78.9 Å². The standard InChI is InChI=1S/C11H13Cl/c1-8(2)10-4-6-11(7-5-10)9(3)12/h4-8H,3H2,1-2H3. The Hall–Kier alpha value is -0.750. The molecular formula is C11H13Cl. The first kappa shape index (κ1) is 9.34. The van der Waals surface area contributed by atoms with Crippen molar-refractivity contribution in [1.29, 1.82) is 0 Å². The predicted molar refractivity (Wildman–Crippen MR) is 55.4 cm³/mol. The predicted octanol–water partition coefficient (Wildman–Crippen LogP) is 4.02. The average Bonchev–Trinajstić information content (AvgIpc) is 2.04. The average molecular weight is 181 g/mol. The second kappa shape index (κ2) is 3.77. The van der Waals surface area contributed by atoms with Gasteiger partial charge in [-0.3, -0.25) is 0 Å². The summed E-state index contributed by atoms with van der Waals surface area (Å²) >= 11 is 5.74. The fraction of sp³-hybridized carbons (Fsp3) is 0.273. The monoisotopic (exact) mass is 180 g/mol. The van der Waals surface area contributed by atoms with E-state index < -0.39 is 0 Å². The second-order valence-electron chi connectivity index (χ2n) is 3.18. The first-order valence-electron chi connectivity index (χ1n) is 4.06. The van der Waals surface area contributed by atoms with E-state index in [0.717, 1.165) is 5.56 Å². The SMILES string of the molecule is C=C(Cl)c1ccc(C(C)C)cc1. The molecule has 0 atom stereocenters. The molecule has 0 unspecified atom stereocenters. The first-order valence-corrected chi connectivity index (χ1v) is 4.44. The Kier molecular flexibility index (Phi) is 2.93. The summed E-state index contributed by atoms with van der Waals surface area (Å²) < 4.78 is 0. The molecule has 0 fully saturated rings. The van der Waals surface area contributed by atoms with Crippen LogP contribution in [0.25, 0.3) is 5.03 Å². The van der Waals surface area contributed by atoms with E-state index in [2.05, 4.69) is 32.6 Å². The van der Waals surface area contributed by atoms with Crippen LogP contribution in [-0.4, -0.2) is 0 Å². The van der Waals surface area contributed by atoms with Crippen molar-refractivity contribution in [3.63, 3.8) is 0 Å². The van der Waals surface area contributed by atoms with Gasteiger partial charge in [-0.1, -0.05) is 56.3 Å². The zero-order valence-electron chi connectivity index (χ0n) is 7.47. The van der Waals surface area contributed by atoms with Gasteiger partial charge in [-0.05, 0) is 17.0 Å². The fourth-order valence-electron chi connectivity index (χ4n) is 1.05. The summed E-state index contributed by atoms with van der Waals surface area (Å²) in [4.78, 5) is 0. The molecule has 0 aromatic heterocycles. The summed E-state index contributed by atoms with van der Waals surface area (Å²) in [5.41, 5.74) is 2.33. The summed E-state index contributed by atoms with van der Waals surface area (Å²) in [6, 6.07) is 8.19. The van der Waals surface area contributed by atoms with Crippen molar-refractivity contribution in [2.45, 2.75) is 19.8 Å². The van der Waals surface area contributed by atoms with Gasteiger partial charge in [-0.15, -0.1) is 0 Å². The van der Waals surface area contributed by atoms with Crippen LogP contribution >= 0.6 is 11.6 Å². The van der Waals surface area contributed by atoms with Crippen molar-refractivity contribution < 1.29 is 0 Å². The van der Waals surface area contributed by atoms with Crippen molar-refractivity contribution in [2.24, 2.45) is 0 Å². The van der Waals surface area contributed by atoms with Crippen LogP contribution < -0.4 is 0 Å². The third-order valence-electron chi connectivity index (χ3n) is 1.89. The van der Waals surface area contributed by atoms with Gasteiger partial charge in [0.2, 0.25) is 0 Å². The van der Waals surface area contributed by atoms with E-state index in [1.54, 1.807) is 0 Å². The Morgan fingerprint density at radius 3 is 2.08 bits per heavy atom. The maximum Gasteiger partial charge on any atom is 0.0406 e. The summed E-state index contributed by atoms with van der Waals surface area (Å²) in [5, 5.41) is 0.602. The second-order valence-corrected chi connectivity index (χ2v) is 3.64. The highest BCUT2D eigenvalue weighted by Crippen LogP contribution is 2.20. The highest BCUT2D eigenvalue weighted by atomic mass is 35.5. The minimum Gasteiger partial charge on any atom is -0.0843 e. The van der Waals surface area contributed by atoms with Crippen LogP contribution in [0.5, 0.6) is 0 Å². The van der Waals surface area contributed by atoms with Crippen LogP contribution in [0.2, 0.25) is 0 Å². The molecule has 0 saturated carbocycles. The van der Waals surface area contributed by atoms with Crippen LogP contribution in [0.3, 0.4) is 0 Å². The largest absolute Gasteiger partial charge is 0.0843 e. The molecule has 12 heavy (non-hydrogen) atoms. The Balaban J connectivity index is 2.93. The summed E-state index contributed by atoms with van der Waals surface area (Å²) in [7, 11) is 0. The zero-order valence-corrected chi connectivity index (χ0v) is 8.23. The fourth-order valence-corrected chi connectivity index (χ4v) is 1.17. The number of halogens is 1. The van der Waals surface area contributed by atoms with Gasteiger partial charge in [0, 0.05) is 5.03 Å². The topological polar surface area (TPSA) is 0 Å².